The standard InChI is InChI=1S/C26H24BrN3O4/c1-34-19-9-5-8-18(15-19)30-25(32)29-23-13-12-17(27)14-21(23)26(30,33)24(31)28-22-11-4-7-16-6-2-3-10-20(16)22/h2-3,5-6,8-10,12-15,22,33H,4,7,11H2,1H3,(H,28,31)(H,29,32)/t22-,26-/m1/s1. The van der Waals surface area contributed by atoms with Gasteiger partial charge in [0.15, 0.2) is 0 Å². The van der Waals surface area contributed by atoms with Crippen molar-refractivity contribution < 1.29 is 19.4 Å². The smallest absolute Gasteiger partial charge is 0.329 e. The number of hydrogen-bond donors (Lipinski definition) is 3. The highest BCUT2D eigenvalue weighted by Gasteiger charge is 2.52. The molecule has 5 rings (SSSR count). The lowest BCUT2D eigenvalue weighted by molar-refractivity contribution is -0.141. The van der Waals surface area contributed by atoms with E-state index in [4.69, 9.17) is 4.74 Å². The Balaban J connectivity index is 1.62. The summed E-state index contributed by atoms with van der Waals surface area (Å²) in [6.07, 6.45) is 2.61. The maximum absolute atomic E-state index is 13.9. The van der Waals surface area contributed by atoms with Crippen LogP contribution in [0.3, 0.4) is 0 Å². The van der Waals surface area contributed by atoms with E-state index in [9.17, 15) is 14.7 Å². The molecule has 174 valence electrons. The van der Waals surface area contributed by atoms with E-state index in [2.05, 4.69) is 32.6 Å². The summed E-state index contributed by atoms with van der Waals surface area (Å²) in [6.45, 7) is 0. The van der Waals surface area contributed by atoms with E-state index in [1.165, 1.54) is 12.7 Å². The number of methoxy groups -OCH3 is 1. The normalized spacial score (nSPS) is 21.2. The quantitative estimate of drug-likeness (QED) is 0.457. The van der Waals surface area contributed by atoms with Crippen LogP contribution in [-0.2, 0) is 16.9 Å². The lowest BCUT2D eigenvalue weighted by Gasteiger charge is -2.43. The average Bonchev–Trinajstić information content (AvgIpc) is 2.85. The molecule has 0 saturated heterocycles. The molecule has 3 amide bonds. The van der Waals surface area contributed by atoms with Gasteiger partial charge in [0, 0.05) is 16.1 Å². The molecule has 1 aliphatic carbocycles. The minimum Gasteiger partial charge on any atom is -0.497 e. The molecule has 0 saturated carbocycles. The van der Waals surface area contributed by atoms with Gasteiger partial charge >= 0.3 is 6.03 Å². The first-order valence-electron chi connectivity index (χ1n) is 11.1. The number of halogens is 1. The summed E-state index contributed by atoms with van der Waals surface area (Å²) in [5, 5.41) is 18.0. The molecule has 34 heavy (non-hydrogen) atoms. The lowest BCUT2D eigenvalue weighted by atomic mass is 9.87. The van der Waals surface area contributed by atoms with Crippen LogP contribution in [0.15, 0.2) is 71.2 Å². The fraction of sp³-hybridized carbons (Fsp3) is 0.231. The predicted octanol–water partition coefficient (Wildman–Crippen LogP) is 4.85. The zero-order chi connectivity index (χ0) is 23.9. The fourth-order valence-corrected chi connectivity index (χ4v) is 5.15. The van der Waals surface area contributed by atoms with Crippen molar-refractivity contribution in [2.24, 2.45) is 0 Å². The van der Waals surface area contributed by atoms with Gasteiger partial charge in [-0.2, -0.15) is 0 Å². The topological polar surface area (TPSA) is 90.9 Å². The summed E-state index contributed by atoms with van der Waals surface area (Å²) >= 11 is 3.43. The highest BCUT2D eigenvalue weighted by atomic mass is 79.9. The molecular formula is C26H24BrN3O4. The van der Waals surface area contributed by atoms with Crippen LogP contribution in [0.4, 0.5) is 16.2 Å². The molecule has 3 aromatic carbocycles. The third-order valence-electron chi connectivity index (χ3n) is 6.43. The lowest BCUT2D eigenvalue weighted by Crippen LogP contribution is -2.63. The molecule has 2 aliphatic rings. The third kappa shape index (κ3) is 3.73. The number of nitrogens with one attached hydrogen (secondary N) is 2. The molecule has 3 N–H and O–H groups in total. The number of benzene rings is 3. The number of carbonyl (C=O) groups is 2. The molecule has 7 nitrogen and oxygen atoms in total. The van der Waals surface area contributed by atoms with Crippen LogP contribution in [0.25, 0.3) is 0 Å². The summed E-state index contributed by atoms with van der Waals surface area (Å²) in [6, 6.07) is 18.9. The van der Waals surface area contributed by atoms with Crippen LogP contribution < -0.4 is 20.3 Å². The Kier molecular flexibility index (Phi) is 5.79. The maximum atomic E-state index is 13.9. The number of amides is 3. The first kappa shape index (κ1) is 22.4. The van der Waals surface area contributed by atoms with Crippen molar-refractivity contribution in [3.63, 3.8) is 0 Å². The Hall–Kier alpha value is -3.36. The Morgan fingerprint density at radius 1 is 1.18 bits per heavy atom. The van der Waals surface area contributed by atoms with Gasteiger partial charge in [0.25, 0.3) is 11.6 Å². The number of nitrogens with zero attached hydrogens (tertiary/aromatic N) is 1. The summed E-state index contributed by atoms with van der Waals surface area (Å²) in [4.78, 5) is 28.3. The van der Waals surface area contributed by atoms with Gasteiger partial charge < -0.3 is 20.5 Å². The first-order chi connectivity index (χ1) is 16.4. The largest absolute Gasteiger partial charge is 0.497 e. The third-order valence-corrected chi connectivity index (χ3v) is 6.92. The van der Waals surface area contributed by atoms with Gasteiger partial charge in [-0.1, -0.05) is 46.3 Å². The number of urea groups is 1. The molecule has 2 atom stereocenters. The van der Waals surface area contributed by atoms with E-state index in [1.54, 1.807) is 42.5 Å². The van der Waals surface area contributed by atoms with Crippen molar-refractivity contribution in [1.82, 2.24) is 5.32 Å². The number of ether oxygens (including phenoxy) is 1. The summed E-state index contributed by atoms with van der Waals surface area (Å²) in [5.41, 5.74) is 0.887. The number of carbonyl (C=O) groups excluding carboxylic acids is 2. The Bertz CT molecular complexity index is 1280. The average molecular weight is 522 g/mol. The molecule has 1 heterocycles. The zero-order valence-electron chi connectivity index (χ0n) is 18.5. The number of rotatable bonds is 4. The minimum atomic E-state index is -2.29. The van der Waals surface area contributed by atoms with E-state index in [1.807, 2.05) is 18.2 Å². The number of anilines is 2. The second-order valence-corrected chi connectivity index (χ2v) is 9.36. The van der Waals surface area contributed by atoms with Crippen molar-refractivity contribution in [3.05, 3.63) is 87.9 Å². The highest BCUT2D eigenvalue weighted by molar-refractivity contribution is 9.10. The van der Waals surface area contributed by atoms with Gasteiger partial charge in [-0.25, -0.2) is 4.79 Å². The van der Waals surface area contributed by atoms with Crippen LogP contribution in [0.5, 0.6) is 5.75 Å². The van der Waals surface area contributed by atoms with Gasteiger partial charge in [-0.15, -0.1) is 0 Å². The zero-order valence-corrected chi connectivity index (χ0v) is 20.1. The van der Waals surface area contributed by atoms with Crippen molar-refractivity contribution in [3.8, 4) is 5.75 Å². The van der Waals surface area contributed by atoms with Crippen LogP contribution in [0.2, 0.25) is 0 Å². The van der Waals surface area contributed by atoms with E-state index < -0.39 is 17.7 Å². The van der Waals surface area contributed by atoms with Crippen molar-refractivity contribution in [2.45, 2.75) is 31.0 Å². The number of aliphatic hydroxyl groups is 1. The molecule has 8 heteroatoms. The summed E-state index contributed by atoms with van der Waals surface area (Å²) < 4.78 is 5.98. The first-order valence-corrected chi connectivity index (χ1v) is 11.9. The van der Waals surface area contributed by atoms with E-state index in [0.717, 1.165) is 29.7 Å². The predicted molar refractivity (Wildman–Crippen MR) is 133 cm³/mol. The minimum absolute atomic E-state index is 0.269. The molecular weight excluding hydrogens is 498 g/mol. The maximum Gasteiger partial charge on any atom is 0.329 e. The van der Waals surface area contributed by atoms with Gasteiger partial charge in [0.05, 0.1) is 24.5 Å². The van der Waals surface area contributed by atoms with E-state index >= 15 is 0 Å². The SMILES string of the molecule is COc1cccc(N2C(=O)Nc3ccc(Br)cc3[C@@]2(O)C(=O)N[C@@H]2CCCc3ccccc32)c1. The molecule has 0 spiro atoms. The van der Waals surface area contributed by atoms with Crippen molar-refractivity contribution in [1.29, 1.82) is 0 Å². The summed E-state index contributed by atoms with van der Waals surface area (Å²) in [5.74, 6) is -0.180. The van der Waals surface area contributed by atoms with Gasteiger partial charge in [0.2, 0.25) is 0 Å². The van der Waals surface area contributed by atoms with Crippen LogP contribution in [0, 0.1) is 0 Å². The van der Waals surface area contributed by atoms with Crippen LogP contribution in [0.1, 0.15) is 35.6 Å². The van der Waals surface area contributed by atoms with Crippen LogP contribution >= 0.6 is 15.9 Å². The summed E-state index contributed by atoms with van der Waals surface area (Å²) in [7, 11) is 1.52. The van der Waals surface area contributed by atoms with Crippen molar-refractivity contribution in [2.75, 3.05) is 17.3 Å². The monoisotopic (exact) mass is 521 g/mol. The van der Waals surface area contributed by atoms with Gasteiger partial charge in [0.1, 0.15) is 5.75 Å². The molecule has 0 radical (unpaired) electrons. The van der Waals surface area contributed by atoms with E-state index in [-0.39, 0.29) is 11.6 Å². The highest BCUT2D eigenvalue weighted by Crippen LogP contribution is 2.42. The van der Waals surface area contributed by atoms with Gasteiger partial charge in [-0.05, 0) is 60.7 Å². The molecule has 0 aromatic heterocycles. The molecule has 0 fully saturated rings. The molecule has 0 unspecified atom stereocenters. The number of fused-ring (bicyclic) bond motifs is 2. The molecule has 0 bridgehead atoms. The Morgan fingerprint density at radius 2 is 2.00 bits per heavy atom. The number of aryl methyl sites for hydroxylation is 1. The van der Waals surface area contributed by atoms with Crippen molar-refractivity contribution >= 4 is 39.2 Å². The molecule has 1 aliphatic heterocycles. The number of hydrogen-bond acceptors (Lipinski definition) is 4. The van der Waals surface area contributed by atoms with Gasteiger partial charge in [-0.3, -0.25) is 9.69 Å². The fourth-order valence-electron chi connectivity index (χ4n) is 4.79. The van der Waals surface area contributed by atoms with Crippen LogP contribution in [-0.4, -0.2) is 24.2 Å². The second-order valence-electron chi connectivity index (χ2n) is 8.45. The van der Waals surface area contributed by atoms with E-state index in [0.29, 0.717) is 21.6 Å². The molecule has 3 aromatic rings. The Labute approximate surface area is 205 Å². The second kappa shape index (κ2) is 8.77. The Morgan fingerprint density at radius 3 is 2.82 bits per heavy atom.